The third kappa shape index (κ3) is 3.51. The van der Waals surface area contributed by atoms with E-state index in [1.54, 1.807) is 0 Å². The maximum atomic E-state index is 5.33. The van der Waals surface area contributed by atoms with Gasteiger partial charge in [-0.25, -0.2) is 0 Å². The zero-order valence-electron chi connectivity index (χ0n) is 11.4. The third-order valence-corrected chi connectivity index (χ3v) is 2.56. The molecule has 6 nitrogen and oxygen atoms in total. The number of rotatable bonds is 1. The molecule has 0 aromatic carbocycles. The number of hydrogen-bond acceptors (Lipinski definition) is 6. The summed E-state index contributed by atoms with van der Waals surface area (Å²) in [5.41, 5.74) is 0.0159. The molecule has 0 atom stereocenters. The van der Waals surface area contributed by atoms with Crippen molar-refractivity contribution in [3.8, 4) is 0 Å². The first kappa shape index (κ1) is 13.0. The van der Waals surface area contributed by atoms with E-state index in [-0.39, 0.29) is 23.0 Å². The molecule has 0 aromatic rings. The standard InChI is InChI=1S/C12H20N2O4/c1-11(2)5-15-9(16-6-11)13-14-10-17-7-12(3,4)8-18-10/h5-8H2,1-4H3. The summed E-state index contributed by atoms with van der Waals surface area (Å²) in [5.74, 6) is 0. The first-order chi connectivity index (χ1) is 8.36. The van der Waals surface area contributed by atoms with E-state index >= 15 is 0 Å². The molecule has 0 unspecified atom stereocenters. The first-order valence-corrected chi connectivity index (χ1v) is 6.03. The van der Waals surface area contributed by atoms with Gasteiger partial charge in [-0.15, -0.1) is 0 Å². The zero-order chi connectivity index (χ0) is 13.2. The summed E-state index contributed by atoms with van der Waals surface area (Å²) in [6.45, 7) is 10.5. The van der Waals surface area contributed by atoms with Gasteiger partial charge < -0.3 is 18.9 Å². The molecule has 2 rings (SSSR count). The highest BCUT2D eigenvalue weighted by atomic mass is 16.7. The normalized spacial score (nSPS) is 25.1. The number of ether oxygens (including phenoxy) is 4. The van der Waals surface area contributed by atoms with Crippen LogP contribution in [0.15, 0.2) is 10.2 Å². The lowest BCUT2D eigenvalue weighted by Gasteiger charge is -2.30. The summed E-state index contributed by atoms with van der Waals surface area (Å²) in [4.78, 5) is 0. The molecule has 0 aliphatic carbocycles. The Morgan fingerprint density at radius 1 is 0.667 bits per heavy atom. The summed E-state index contributed by atoms with van der Waals surface area (Å²) in [6, 6.07) is 0. The van der Waals surface area contributed by atoms with Gasteiger partial charge in [-0.3, -0.25) is 0 Å². The molecule has 0 bridgehead atoms. The van der Waals surface area contributed by atoms with Crippen LogP contribution in [0.1, 0.15) is 27.7 Å². The highest BCUT2D eigenvalue weighted by Crippen LogP contribution is 2.22. The van der Waals surface area contributed by atoms with E-state index in [2.05, 4.69) is 37.9 Å². The minimum atomic E-state index is 0.00796. The quantitative estimate of drug-likeness (QED) is 0.671. The molecule has 102 valence electrons. The monoisotopic (exact) mass is 256 g/mol. The fourth-order valence-electron chi connectivity index (χ4n) is 1.39. The Balaban J connectivity index is 1.88. The van der Waals surface area contributed by atoms with Crippen LogP contribution in [-0.2, 0) is 18.9 Å². The largest absolute Gasteiger partial charge is 0.449 e. The van der Waals surface area contributed by atoms with Crippen molar-refractivity contribution in [2.75, 3.05) is 26.4 Å². The van der Waals surface area contributed by atoms with E-state index in [9.17, 15) is 0 Å². The summed E-state index contributed by atoms with van der Waals surface area (Å²) in [7, 11) is 0. The van der Waals surface area contributed by atoms with Crippen LogP contribution in [0.4, 0.5) is 0 Å². The zero-order valence-corrected chi connectivity index (χ0v) is 11.4. The van der Waals surface area contributed by atoms with Crippen LogP contribution < -0.4 is 0 Å². The molecule has 2 fully saturated rings. The van der Waals surface area contributed by atoms with Gasteiger partial charge in [-0.05, 0) is 0 Å². The van der Waals surface area contributed by atoms with Crippen LogP contribution in [-0.4, -0.2) is 38.6 Å². The van der Waals surface area contributed by atoms with Crippen molar-refractivity contribution in [3.63, 3.8) is 0 Å². The number of hydrogen-bond donors (Lipinski definition) is 0. The average molecular weight is 256 g/mol. The second-order valence-electron chi connectivity index (χ2n) is 6.21. The highest BCUT2D eigenvalue weighted by Gasteiger charge is 2.29. The molecule has 0 N–H and O–H groups in total. The fraction of sp³-hybridized carbons (Fsp3) is 0.833. The maximum absolute atomic E-state index is 5.33. The Labute approximate surface area is 107 Å². The first-order valence-electron chi connectivity index (χ1n) is 6.03. The van der Waals surface area contributed by atoms with E-state index < -0.39 is 0 Å². The Morgan fingerprint density at radius 2 is 0.944 bits per heavy atom. The molecule has 0 amide bonds. The lowest BCUT2D eigenvalue weighted by Crippen LogP contribution is -2.36. The minimum absolute atomic E-state index is 0.00796. The van der Waals surface area contributed by atoms with E-state index in [1.807, 2.05) is 0 Å². The topological polar surface area (TPSA) is 61.6 Å². The molecule has 2 saturated heterocycles. The van der Waals surface area contributed by atoms with Crippen molar-refractivity contribution >= 4 is 12.2 Å². The van der Waals surface area contributed by atoms with Crippen molar-refractivity contribution in [2.45, 2.75) is 27.7 Å². The van der Waals surface area contributed by atoms with Crippen molar-refractivity contribution < 1.29 is 18.9 Å². The van der Waals surface area contributed by atoms with Gasteiger partial charge >= 0.3 is 12.2 Å². The maximum Gasteiger partial charge on any atom is 0.407 e. The van der Waals surface area contributed by atoms with Gasteiger partial charge in [-0.2, -0.15) is 0 Å². The summed E-state index contributed by atoms with van der Waals surface area (Å²) in [6.07, 6.45) is 0.331. The van der Waals surface area contributed by atoms with Gasteiger partial charge in [0.25, 0.3) is 0 Å². The predicted molar refractivity (Wildman–Crippen MR) is 66.2 cm³/mol. The van der Waals surface area contributed by atoms with Crippen LogP contribution in [0.2, 0.25) is 0 Å². The van der Waals surface area contributed by atoms with Crippen LogP contribution in [0.3, 0.4) is 0 Å². The van der Waals surface area contributed by atoms with Gasteiger partial charge in [0.1, 0.15) is 26.4 Å². The molecule has 0 radical (unpaired) electrons. The molecule has 18 heavy (non-hydrogen) atoms. The van der Waals surface area contributed by atoms with E-state index in [0.717, 1.165) is 0 Å². The van der Waals surface area contributed by atoms with Gasteiger partial charge in [0.05, 0.1) is 0 Å². The average Bonchev–Trinajstić information content (AvgIpc) is 2.29. The second-order valence-corrected chi connectivity index (χ2v) is 6.21. The minimum Gasteiger partial charge on any atom is -0.449 e. The van der Waals surface area contributed by atoms with Crippen molar-refractivity contribution in [2.24, 2.45) is 21.0 Å². The second kappa shape index (κ2) is 4.66. The molecule has 0 saturated carbocycles. The predicted octanol–water partition coefficient (Wildman–Crippen LogP) is 1.76. The molecule has 2 aliphatic rings. The molecule has 2 aliphatic heterocycles. The molecular weight excluding hydrogens is 236 g/mol. The Bertz CT molecular complexity index is 314. The van der Waals surface area contributed by atoms with Crippen LogP contribution in [0.5, 0.6) is 0 Å². The van der Waals surface area contributed by atoms with E-state index in [1.165, 1.54) is 0 Å². The van der Waals surface area contributed by atoms with Gasteiger partial charge in [0.2, 0.25) is 0 Å². The lowest BCUT2D eigenvalue weighted by molar-refractivity contribution is 0.00171. The van der Waals surface area contributed by atoms with Crippen molar-refractivity contribution in [1.29, 1.82) is 0 Å². The van der Waals surface area contributed by atoms with Gasteiger partial charge in [0, 0.05) is 10.8 Å². The van der Waals surface area contributed by atoms with Crippen molar-refractivity contribution in [3.05, 3.63) is 0 Å². The SMILES string of the molecule is CC1(C)COC(=NN=C2OCC(C)(C)CO2)OC1. The molecule has 2 heterocycles. The molecule has 6 heteroatoms. The smallest absolute Gasteiger partial charge is 0.407 e. The number of nitrogens with zero attached hydrogens (tertiary/aromatic N) is 2. The van der Waals surface area contributed by atoms with Crippen LogP contribution in [0, 0.1) is 10.8 Å². The van der Waals surface area contributed by atoms with Gasteiger partial charge in [-0.1, -0.05) is 37.9 Å². The van der Waals surface area contributed by atoms with Crippen molar-refractivity contribution in [1.82, 2.24) is 0 Å². The summed E-state index contributed by atoms with van der Waals surface area (Å²) < 4.78 is 21.3. The summed E-state index contributed by atoms with van der Waals surface area (Å²) in [5, 5.41) is 7.66. The van der Waals surface area contributed by atoms with E-state index in [4.69, 9.17) is 18.9 Å². The fourth-order valence-corrected chi connectivity index (χ4v) is 1.39. The Hall–Kier alpha value is -1.46. The Kier molecular flexibility index (Phi) is 3.36. The lowest BCUT2D eigenvalue weighted by atomic mass is 9.96. The van der Waals surface area contributed by atoms with Crippen LogP contribution >= 0.6 is 0 Å². The molecule has 0 aromatic heterocycles. The van der Waals surface area contributed by atoms with E-state index in [0.29, 0.717) is 26.4 Å². The summed E-state index contributed by atoms with van der Waals surface area (Å²) >= 11 is 0. The van der Waals surface area contributed by atoms with Gasteiger partial charge in [0.15, 0.2) is 0 Å². The Morgan fingerprint density at radius 3 is 1.22 bits per heavy atom. The molecular formula is C12H20N2O4. The van der Waals surface area contributed by atoms with Crippen LogP contribution in [0.25, 0.3) is 0 Å². The molecule has 0 spiro atoms. The highest BCUT2D eigenvalue weighted by molar-refractivity contribution is 5.71. The third-order valence-electron chi connectivity index (χ3n) is 2.56.